The van der Waals surface area contributed by atoms with Crippen molar-refractivity contribution >= 4 is 40.1 Å². The number of halogens is 1. The van der Waals surface area contributed by atoms with Gasteiger partial charge in [-0.15, -0.1) is 0 Å². The lowest BCUT2D eigenvalue weighted by atomic mass is 10.1. The Morgan fingerprint density at radius 2 is 1.97 bits per heavy atom. The van der Waals surface area contributed by atoms with Crippen LogP contribution < -0.4 is 5.32 Å². The Morgan fingerprint density at radius 1 is 1.21 bits per heavy atom. The zero-order chi connectivity index (χ0) is 20.5. The quantitative estimate of drug-likeness (QED) is 0.784. The van der Waals surface area contributed by atoms with Crippen molar-refractivity contribution in [1.82, 2.24) is 4.90 Å². The Bertz CT molecular complexity index is 1000. The van der Waals surface area contributed by atoms with Gasteiger partial charge in [-0.05, 0) is 56.0 Å². The lowest BCUT2D eigenvalue weighted by Gasteiger charge is -2.15. The van der Waals surface area contributed by atoms with Gasteiger partial charge < -0.3 is 5.32 Å². The van der Waals surface area contributed by atoms with Gasteiger partial charge in [0.15, 0.2) is 5.17 Å². The molecule has 0 unspecified atom stereocenters. The van der Waals surface area contributed by atoms with Crippen molar-refractivity contribution in [3.63, 3.8) is 0 Å². The van der Waals surface area contributed by atoms with Gasteiger partial charge in [0.05, 0.1) is 11.4 Å². The lowest BCUT2D eigenvalue weighted by Crippen LogP contribution is -2.35. The summed E-state index contributed by atoms with van der Waals surface area (Å²) in [4.78, 5) is 31.9. The van der Waals surface area contributed by atoms with Crippen LogP contribution >= 0.6 is 11.8 Å². The van der Waals surface area contributed by atoms with Crippen LogP contribution in [0.3, 0.4) is 0 Å². The van der Waals surface area contributed by atoms with E-state index in [4.69, 9.17) is 4.99 Å². The standard InChI is InChI=1S/C22H22FN3O2S/c1-13-6-5-9-17(14(13)2)25-22-26(15-10-11-15)21(28)19(29-22)12-20(27)24-18-8-4-3-7-16(18)23/h3-9,15,19H,10-12H2,1-2H3,(H,24,27)/t19-/m1/s1. The normalized spacial score (nSPS) is 20.4. The number of hydrogen-bond donors (Lipinski definition) is 1. The van der Waals surface area contributed by atoms with Crippen LogP contribution in [0.5, 0.6) is 0 Å². The van der Waals surface area contributed by atoms with Crippen molar-refractivity contribution in [3.05, 3.63) is 59.4 Å². The third-order valence-electron chi connectivity index (χ3n) is 5.19. The third kappa shape index (κ3) is 4.19. The Kier molecular flexibility index (Phi) is 5.41. The molecule has 1 N–H and O–H groups in total. The van der Waals surface area contributed by atoms with E-state index in [2.05, 4.69) is 5.32 Å². The Morgan fingerprint density at radius 3 is 2.69 bits per heavy atom. The Labute approximate surface area is 173 Å². The zero-order valence-corrected chi connectivity index (χ0v) is 17.1. The number of rotatable bonds is 5. The Hall–Kier alpha value is -2.67. The smallest absolute Gasteiger partial charge is 0.242 e. The van der Waals surface area contributed by atoms with Gasteiger partial charge in [0.1, 0.15) is 11.1 Å². The number of aliphatic imine (C=N–C) groups is 1. The molecule has 2 fully saturated rings. The second kappa shape index (κ2) is 7.99. The SMILES string of the molecule is Cc1cccc(N=C2S[C@H](CC(=O)Nc3ccccc3F)C(=O)N2C2CC2)c1C. The van der Waals surface area contributed by atoms with Crippen molar-refractivity contribution in [3.8, 4) is 0 Å². The molecule has 1 heterocycles. The largest absolute Gasteiger partial charge is 0.324 e. The number of nitrogens with one attached hydrogen (secondary N) is 1. The molecule has 0 aromatic heterocycles. The molecule has 5 nitrogen and oxygen atoms in total. The van der Waals surface area contributed by atoms with E-state index >= 15 is 0 Å². The Balaban J connectivity index is 1.53. The van der Waals surface area contributed by atoms with Crippen LogP contribution in [0.2, 0.25) is 0 Å². The second-order valence-corrected chi connectivity index (χ2v) is 8.56. The maximum absolute atomic E-state index is 13.8. The summed E-state index contributed by atoms with van der Waals surface area (Å²) in [5, 5.41) is 2.66. The molecule has 1 aliphatic heterocycles. The predicted octanol–water partition coefficient (Wildman–Crippen LogP) is 4.57. The maximum atomic E-state index is 13.8. The summed E-state index contributed by atoms with van der Waals surface area (Å²) in [6.07, 6.45) is 1.88. The van der Waals surface area contributed by atoms with Gasteiger partial charge in [-0.2, -0.15) is 0 Å². The first-order valence-electron chi connectivity index (χ1n) is 9.63. The highest BCUT2D eigenvalue weighted by molar-refractivity contribution is 8.15. The molecule has 7 heteroatoms. The number of amidine groups is 1. The van der Waals surface area contributed by atoms with Gasteiger partial charge in [-0.1, -0.05) is 36.0 Å². The predicted molar refractivity (Wildman–Crippen MR) is 114 cm³/mol. The summed E-state index contributed by atoms with van der Waals surface area (Å²) in [7, 11) is 0. The highest BCUT2D eigenvalue weighted by Crippen LogP contribution is 2.40. The molecule has 2 aromatic rings. The first kappa shape index (κ1) is 19.6. The lowest BCUT2D eigenvalue weighted by molar-refractivity contribution is -0.128. The molecule has 2 amide bonds. The molecule has 1 saturated heterocycles. The van der Waals surface area contributed by atoms with Crippen LogP contribution in [-0.4, -0.2) is 33.2 Å². The molecule has 150 valence electrons. The molecule has 1 atom stereocenters. The fourth-order valence-corrected chi connectivity index (χ4v) is 4.46. The summed E-state index contributed by atoms with van der Waals surface area (Å²) in [5.41, 5.74) is 3.17. The minimum Gasteiger partial charge on any atom is -0.324 e. The number of amides is 2. The zero-order valence-electron chi connectivity index (χ0n) is 16.3. The van der Waals surface area contributed by atoms with Crippen LogP contribution in [0.15, 0.2) is 47.5 Å². The van der Waals surface area contributed by atoms with E-state index in [-0.39, 0.29) is 30.0 Å². The van der Waals surface area contributed by atoms with Gasteiger partial charge >= 0.3 is 0 Å². The summed E-state index contributed by atoms with van der Waals surface area (Å²) in [5.74, 6) is -0.974. The van der Waals surface area contributed by atoms with Crippen LogP contribution in [0.4, 0.5) is 15.8 Å². The molecule has 1 saturated carbocycles. The molecule has 1 aliphatic carbocycles. The first-order valence-corrected chi connectivity index (χ1v) is 10.5. The van der Waals surface area contributed by atoms with Crippen molar-refractivity contribution in [1.29, 1.82) is 0 Å². The topological polar surface area (TPSA) is 61.8 Å². The highest BCUT2D eigenvalue weighted by Gasteiger charge is 2.46. The van der Waals surface area contributed by atoms with E-state index in [1.807, 2.05) is 32.0 Å². The number of carbonyl (C=O) groups excluding carboxylic acids is 2. The van der Waals surface area contributed by atoms with Crippen LogP contribution in [0.1, 0.15) is 30.4 Å². The molecular weight excluding hydrogens is 389 g/mol. The van der Waals surface area contributed by atoms with E-state index in [9.17, 15) is 14.0 Å². The number of anilines is 1. The minimum absolute atomic E-state index is 0.0210. The number of thioether (sulfide) groups is 1. The summed E-state index contributed by atoms with van der Waals surface area (Å²) < 4.78 is 13.8. The minimum atomic E-state index is -0.550. The van der Waals surface area contributed by atoms with Crippen molar-refractivity contribution in [2.75, 3.05) is 5.32 Å². The highest BCUT2D eigenvalue weighted by atomic mass is 32.2. The van der Waals surface area contributed by atoms with Crippen LogP contribution in [0.25, 0.3) is 0 Å². The molecule has 2 aliphatic rings. The molecular formula is C22H22FN3O2S. The number of carbonyl (C=O) groups is 2. The second-order valence-electron chi connectivity index (χ2n) is 7.39. The van der Waals surface area contributed by atoms with E-state index in [1.54, 1.807) is 17.0 Å². The number of nitrogens with zero attached hydrogens (tertiary/aromatic N) is 2. The summed E-state index contributed by atoms with van der Waals surface area (Å²) in [6.45, 7) is 4.04. The van der Waals surface area contributed by atoms with Crippen LogP contribution in [-0.2, 0) is 9.59 Å². The van der Waals surface area contributed by atoms with E-state index in [0.29, 0.717) is 5.17 Å². The van der Waals surface area contributed by atoms with Gasteiger partial charge in [-0.25, -0.2) is 9.38 Å². The van der Waals surface area contributed by atoms with Gasteiger partial charge in [0.25, 0.3) is 0 Å². The first-order chi connectivity index (χ1) is 13.9. The van der Waals surface area contributed by atoms with Gasteiger partial charge in [0.2, 0.25) is 11.8 Å². The van der Waals surface area contributed by atoms with Crippen molar-refractivity contribution < 1.29 is 14.0 Å². The molecule has 29 heavy (non-hydrogen) atoms. The molecule has 4 rings (SSSR count). The molecule has 0 spiro atoms. The van der Waals surface area contributed by atoms with E-state index < -0.39 is 11.1 Å². The number of aryl methyl sites for hydroxylation is 1. The molecule has 0 bridgehead atoms. The molecule has 0 radical (unpaired) electrons. The van der Waals surface area contributed by atoms with Crippen molar-refractivity contribution in [2.45, 2.75) is 44.4 Å². The van der Waals surface area contributed by atoms with Crippen LogP contribution in [0, 0.1) is 19.7 Å². The number of hydrogen-bond acceptors (Lipinski definition) is 4. The monoisotopic (exact) mass is 411 g/mol. The summed E-state index contributed by atoms with van der Waals surface area (Å²) in [6, 6.07) is 12.1. The average Bonchev–Trinajstić information content (AvgIpc) is 3.47. The third-order valence-corrected chi connectivity index (χ3v) is 6.34. The van der Waals surface area contributed by atoms with E-state index in [1.165, 1.54) is 23.9 Å². The fourth-order valence-electron chi connectivity index (χ4n) is 3.25. The summed E-state index contributed by atoms with van der Waals surface area (Å²) >= 11 is 1.32. The number of para-hydroxylation sites is 1. The van der Waals surface area contributed by atoms with Gasteiger partial charge in [-0.3, -0.25) is 14.5 Å². The van der Waals surface area contributed by atoms with E-state index in [0.717, 1.165) is 29.7 Å². The number of benzene rings is 2. The average molecular weight is 412 g/mol. The maximum Gasteiger partial charge on any atom is 0.242 e. The fraction of sp³-hybridized carbons (Fsp3) is 0.318. The van der Waals surface area contributed by atoms with Gasteiger partial charge in [0, 0.05) is 12.5 Å². The van der Waals surface area contributed by atoms with Crippen molar-refractivity contribution in [2.24, 2.45) is 4.99 Å². The molecule has 2 aromatic carbocycles.